The molecule has 0 radical (unpaired) electrons. The third-order valence-corrected chi connectivity index (χ3v) is 12.4. The van der Waals surface area contributed by atoms with E-state index in [0.717, 1.165) is 63.4 Å². The lowest BCUT2D eigenvalue weighted by molar-refractivity contribution is -0.0101. The van der Waals surface area contributed by atoms with Crippen molar-refractivity contribution in [2.45, 2.75) is 194 Å². The van der Waals surface area contributed by atoms with Crippen LogP contribution in [0.25, 0.3) is 0 Å². The zero-order valence-electron chi connectivity index (χ0n) is 35.4. The van der Waals surface area contributed by atoms with Gasteiger partial charge in [-0.05, 0) is 87.7 Å². The Morgan fingerprint density at radius 2 is 0.731 bits per heavy atom. The van der Waals surface area contributed by atoms with Crippen LogP contribution in [0.4, 0.5) is 0 Å². The van der Waals surface area contributed by atoms with Crippen LogP contribution in [0, 0.1) is 0 Å². The van der Waals surface area contributed by atoms with Gasteiger partial charge in [0.1, 0.15) is 0 Å². The monoisotopic (exact) mass is 777 g/mol. The zero-order chi connectivity index (χ0) is 38.0. The molecule has 0 aliphatic heterocycles. The van der Waals surface area contributed by atoms with Crippen LogP contribution in [0.15, 0.2) is 0 Å². The minimum atomic E-state index is -0.539. The molecule has 0 saturated heterocycles. The van der Waals surface area contributed by atoms with Gasteiger partial charge in [-0.15, -0.1) is 0 Å². The Morgan fingerprint density at radius 3 is 1.10 bits per heavy atom. The van der Waals surface area contributed by atoms with Gasteiger partial charge in [0, 0.05) is 26.3 Å². The maximum atomic E-state index is 10.8. The molecule has 2 unspecified atom stereocenters. The lowest BCUT2D eigenvalue weighted by atomic mass is 10.1. The van der Waals surface area contributed by atoms with Gasteiger partial charge in [0.2, 0.25) is 0 Å². The predicted octanol–water partition coefficient (Wildman–Crippen LogP) is 11.3. The summed E-state index contributed by atoms with van der Waals surface area (Å²) in [7, 11) is 0. The normalized spacial score (nSPS) is 13.2. The van der Waals surface area contributed by atoms with E-state index in [1.165, 1.54) is 140 Å². The highest BCUT2D eigenvalue weighted by Gasteiger charge is 2.16. The lowest BCUT2D eigenvalue weighted by Crippen LogP contribution is -2.41. The van der Waals surface area contributed by atoms with Gasteiger partial charge >= 0.3 is 0 Å². The Labute approximate surface area is 334 Å². The van der Waals surface area contributed by atoms with Crippen LogP contribution in [0.3, 0.4) is 0 Å². The number of hydrogen-bond donors (Lipinski definition) is 2. The van der Waals surface area contributed by atoms with Crippen molar-refractivity contribution in [3.05, 3.63) is 0 Å². The third-order valence-electron chi connectivity index (χ3n) is 10.1. The fraction of sp³-hybridized carbons (Fsp3) is 1.00. The van der Waals surface area contributed by atoms with Crippen LogP contribution >= 0.6 is 23.5 Å². The predicted molar refractivity (Wildman–Crippen MR) is 235 cm³/mol. The molecule has 52 heavy (non-hydrogen) atoms. The first-order valence-electron chi connectivity index (χ1n) is 22.7. The highest BCUT2D eigenvalue weighted by atomic mass is 32.2. The third kappa shape index (κ3) is 40.1. The lowest BCUT2D eigenvalue weighted by Gasteiger charge is -2.28. The van der Waals surface area contributed by atoms with E-state index in [-0.39, 0.29) is 0 Å². The first-order chi connectivity index (χ1) is 25.6. The second-order valence-electron chi connectivity index (χ2n) is 15.2. The summed E-state index contributed by atoms with van der Waals surface area (Å²) in [6.45, 7) is 16.4. The van der Waals surface area contributed by atoms with Crippen LogP contribution < -0.4 is 0 Å². The standard InChI is InChI=1S/C44H92N2O4S2/c1-5-9-11-13-15-17-19-21-23-27-35-51-37-29-33-49-41-43(47)39-46(32-26-25-31-45(7-3)8-4)40-44(48)42-50-34-30-38-52-36-28-24-22-20-18-16-14-12-10-6-2/h43-44,47-48H,5-42H2,1-4H3. The van der Waals surface area contributed by atoms with E-state index in [1.54, 1.807) is 0 Å². The fourth-order valence-corrected chi connectivity index (χ4v) is 8.59. The molecule has 0 aromatic carbocycles. The van der Waals surface area contributed by atoms with Crippen molar-refractivity contribution >= 4 is 23.5 Å². The number of aliphatic hydroxyl groups is 2. The summed E-state index contributed by atoms with van der Waals surface area (Å²) in [6.07, 6.45) is 31.1. The SMILES string of the molecule is CCCCCCCCCCCCSCCCOCC(O)CN(CCCCN(CC)CC)CC(O)COCCCSCCCCCCCCCCCC. The maximum absolute atomic E-state index is 10.8. The van der Waals surface area contributed by atoms with E-state index in [2.05, 4.69) is 37.5 Å². The largest absolute Gasteiger partial charge is 0.389 e. The van der Waals surface area contributed by atoms with E-state index in [1.807, 2.05) is 23.5 Å². The minimum Gasteiger partial charge on any atom is -0.389 e. The van der Waals surface area contributed by atoms with Crippen molar-refractivity contribution in [3.63, 3.8) is 0 Å². The Hall–Kier alpha value is 0.460. The van der Waals surface area contributed by atoms with Crippen molar-refractivity contribution in [2.24, 2.45) is 0 Å². The molecule has 0 heterocycles. The Balaban J connectivity index is 4.03. The molecule has 2 N–H and O–H groups in total. The minimum absolute atomic E-state index is 0.364. The highest BCUT2D eigenvalue weighted by molar-refractivity contribution is 7.99. The Morgan fingerprint density at radius 1 is 0.404 bits per heavy atom. The summed E-state index contributed by atoms with van der Waals surface area (Å²) in [5.41, 5.74) is 0. The summed E-state index contributed by atoms with van der Waals surface area (Å²) in [6, 6.07) is 0. The first kappa shape index (κ1) is 52.5. The highest BCUT2D eigenvalue weighted by Crippen LogP contribution is 2.14. The molecule has 6 nitrogen and oxygen atoms in total. The maximum Gasteiger partial charge on any atom is 0.0900 e. The number of hydrogen-bond acceptors (Lipinski definition) is 8. The molecule has 314 valence electrons. The summed E-state index contributed by atoms with van der Waals surface area (Å²) in [4.78, 5) is 4.68. The van der Waals surface area contributed by atoms with Gasteiger partial charge < -0.3 is 24.6 Å². The summed E-state index contributed by atoms with van der Waals surface area (Å²) in [5, 5.41) is 21.6. The topological polar surface area (TPSA) is 65.4 Å². The summed E-state index contributed by atoms with van der Waals surface area (Å²) < 4.78 is 11.7. The van der Waals surface area contributed by atoms with Crippen molar-refractivity contribution < 1.29 is 19.7 Å². The molecule has 0 aromatic rings. The molecule has 0 spiro atoms. The van der Waals surface area contributed by atoms with Gasteiger partial charge in [-0.2, -0.15) is 23.5 Å². The summed E-state index contributed by atoms with van der Waals surface area (Å²) in [5.74, 6) is 4.78. The van der Waals surface area contributed by atoms with E-state index in [0.29, 0.717) is 39.5 Å². The number of rotatable bonds is 45. The van der Waals surface area contributed by atoms with Gasteiger partial charge in [-0.1, -0.05) is 143 Å². The van der Waals surface area contributed by atoms with Crippen molar-refractivity contribution in [1.82, 2.24) is 9.80 Å². The smallest absolute Gasteiger partial charge is 0.0900 e. The molecule has 0 aliphatic carbocycles. The van der Waals surface area contributed by atoms with Gasteiger partial charge in [0.05, 0.1) is 25.4 Å². The second-order valence-corrected chi connectivity index (χ2v) is 17.7. The molecule has 0 saturated carbocycles. The van der Waals surface area contributed by atoms with Gasteiger partial charge in [-0.3, -0.25) is 4.90 Å². The first-order valence-corrected chi connectivity index (χ1v) is 25.0. The quantitative estimate of drug-likeness (QED) is 0.0593. The summed E-state index contributed by atoms with van der Waals surface area (Å²) >= 11 is 4.09. The Bertz CT molecular complexity index is 618. The Kier molecular flexibility index (Phi) is 44.6. The van der Waals surface area contributed by atoms with Crippen molar-refractivity contribution in [1.29, 1.82) is 0 Å². The molecular weight excluding hydrogens is 685 g/mol. The van der Waals surface area contributed by atoms with Crippen LogP contribution in [-0.4, -0.2) is 121 Å². The number of ether oxygens (including phenoxy) is 2. The van der Waals surface area contributed by atoms with E-state index in [4.69, 9.17) is 9.47 Å². The van der Waals surface area contributed by atoms with Crippen molar-refractivity contribution in [3.8, 4) is 0 Å². The molecule has 2 atom stereocenters. The number of aliphatic hydroxyl groups excluding tert-OH is 2. The van der Waals surface area contributed by atoms with Gasteiger partial charge in [0.25, 0.3) is 0 Å². The average Bonchev–Trinajstić information content (AvgIpc) is 3.14. The molecule has 8 heteroatoms. The zero-order valence-corrected chi connectivity index (χ0v) is 37.1. The molecule has 0 fully saturated rings. The van der Waals surface area contributed by atoms with E-state index in [9.17, 15) is 10.2 Å². The fourth-order valence-electron chi connectivity index (χ4n) is 6.72. The van der Waals surface area contributed by atoms with Crippen LogP contribution in [0.2, 0.25) is 0 Å². The molecular formula is C44H92N2O4S2. The van der Waals surface area contributed by atoms with E-state index >= 15 is 0 Å². The second kappa shape index (κ2) is 44.2. The average molecular weight is 777 g/mol. The number of nitrogens with zero attached hydrogens (tertiary/aromatic N) is 2. The van der Waals surface area contributed by atoms with Crippen LogP contribution in [0.1, 0.15) is 182 Å². The number of unbranched alkanes of at least 4 members (excludes halogenated alkanes) is 19. The molecule has 0 amide bonds. The molecule has 0 aliphatic rings. The van der Waals surface area contributed by atoms with Crippen LogP contribution in [0.5, 0.6) is 0 Å². The molecule has 0 bridgehead atoms. The van der Waals surface area contributed by atoms with Crippen molar-refractivity contribution in [2.75, 3.05) is 88.7 Å². The van der Waals surface area contributed by atoms with E-state index < -0.39 is 12.2 Å². The van der Waals surface area contributed by atoms with Gasteiger partial charge in [-0.25, -0.2) is 0 Å². The number of thioether (sulfide) groups is 2. The van der Waals surface area contributed by atoms with Crippen LogP contribution in [-0.2, 0) is 9.47 Å². The molecule has 0 rings (SSSR count). The van der Waals surface area contributed by atoms with Gasteiger partial charge in [0.15, 0.2) is 0 Å². The molecule has 0 aromatic heterocycles.